The zero-order chi connectivity index (χ0) is 20.4. The van der Waals surface area contributed by atoms with E-state index < -0.39 is 11.8 Å². The molecule has 0 radical (unpaired) electrons. The third-order valence-electron chi connectivity index (χ3n) is 3.45. The third kappa shape index (κ3) is 7.12. The number of amides is 2. The van der Waals surface area contributed by atoms with Crippen LogP contribution in [0.25, 0.3) is 0 Å². The molecule has 28 heavy (non-hydrogen) atoms. The van der Waals surface area contributed by atoms with Crippen LogP contribution in [0.5, 0.6) is 17.2 Å². The van der Waals surface area contributed by atoms with E-state index in [-0.39, 0.29) is 18.3 Å². The molecular weight excluding hydrogens is 382 g/mol. The Labute approximate surface area is 168 Å². The molecule has 0 aliphatic carbocycles. The lowest BCUT2D eigenvalue weighted by Crippen LogP contribution is -2.50. The van der Waals surface area contributed by atoms with Gasteiger partial charge in [-0.3, -0.25) is 25.8 Å². The molecule has 148 valence electrons. The number of benzene rings is 2. The number of methoxy groups -OCH3 is 1. The summed E-state index contributed by atoms with van der Waals surface area (Å²) >= 11 is 4.94. The largest absolute Gasteiger partial charge is 0.497 e. The number of carbonyl (C=O) groups excluding carboxylic acids is 2. The highest BCUT2D eigenvalue weighted by Crippen LogP contribution is 2.17. The van der Waals surface area contributed by atoms with Gasteiger partial charge in [-0.2, -0.15) is 0 Å². The van der Waals surface area contributed by atoms with Crippen molar-refractivity contribution in [3.05, 3.63) is 54.1 Å². The van der Waals surface area contributed by atoms with Crippen LogP contribution in [-0.2, 0) is 9.59 Å². The van der Waals surface area contributed by atoms with Crippen LogP contribution in [0.1, 0.15) is 5.56 Å². The highest BCUT2D eigenvalue weighted by Gasteiger charge is 2.08. The molecule has 0 aliphatic rings. The number of nitrogens with one attached hydrogen (secondary N) is 3. The van der Waals surface area contributed by atoms with Crippen LogP contribution in [0.3, 0.4) is 0 Å². The molecule has 2 rings (SSSR count). The molecule has 0 aromatic heterocycles. The van der Waals surface area contributed by atoms with Crippen LogP contribution in [0.2, 0.25) is 0 Å². The maximum absolute atomic E-state index is 11.8. The summed E-state index contributed by atoms with van der Waals surface area (Å²) in [5.74, 6) is 0.889. The molecule has 0 heterocycles. The van der Waals surface area contributed by atoms with E-state index in [9.17, 15) is 9.59 Å². The quantitative estimate of drug-likeness (QED) is 0.476. The topological polar surface area (TPSA) is 97.9 Å². The van der Waals surface area contributed by atoms with Gasteiger partial charge in [0.05, 0.1) is 7.11 Å². The van der Waals surface area contributed by atoms with Crippen molar-refractivity contribution in [3.63, 3.8) is 0 Å². The predicted molar refractivity (Wildman–Crippen MR) is 107 cm³/mol. The van der Waals surface area contributed by atoms with Gasteiger partial charge in [-0.15, -0.1) is 0 Å². The highest BCUT2D eigenvalue weighted by molar-refractivity contribution is 7.80. The molecule has 2 aromatic carbocycles. The monoisotopic (exact) mass is 403 g/mol. The molecule has 0 aliphatic heterocycles. The summed E-state index contributed by atoms with van der Waals surface area (Å²) in [5.41, 5.74) is 5.67. The molecule has 0 bridgehead atoms. The first-order valence-electron chi connectivity index (χ1n) is 8.32. The smallest absolute Gasteiger partial charge is 0.276 e. The number of carbonyl (C=O) groups is 2. The zero-order valence-electron chi connectivity index (χ0n) is 15.5. The number of ether oxygens (including phenoxy) is 3. The lowest BCUT2D eigenvalue weighted by molar-refractivity contribution is -0.124. The molecule has 0 atom stereocenters. The van der Waals surface area contributed by atoms with Crippen molar-refractivity contribution >= 4 is 29.1 Å². The van der Waals surface area contributed by atoms with Gasteiger partial charge >= 0.3 is 0 Å². The van der Waals surface area contributed by atoms with Crippen molar-refractivity contribution in [1.29, 1.82) is 0 Å². The Morgan fingerprint density at radius 1 is 0.893 bits per heavy atom. The second-order valence-electron chi connectivity index (χ2n) is 5.57. The van der Waals surface area contributed by atoms with Crippen molar-refractivity contribution in [2.24, 2.45) is 0 Å². The van der Waals surface area contributed by atoms with Gasteiger partial charge in [0.2, 0.25) is 0 Å². The Balaban J connectivity index is 1.64. The standard InChI is InChI=1S/C19H21N3O5S/c1-13-5-3-4-6-16(13)27-11-17(23)20-19(28)22-21-18(24)12-26-15-9-7-14(25-2)8-10-15/h3-10H,11-12H2,1-2H3,(H,21,24)(H2,20,22,23,28). The van der Waals surface area contributed by atoms with E-state index in [1.807, 2.05) is 25.1 Å². The number of thiocarbonyl (C=S) groups is 1. The van der Waals surface area contributed by atoms with Crippen LogP contribution >= 0.6 is 12.2 Å². The van der Waals surface area contributed by atoms with Crippen molar-refractivity contribution < 1.29 is 23.8 Å². The van der Waals surface area contributed by atoms with E-state index in [2.05, 4.69) is 16.2 Å². The van der Waals surface area contributed by atoms with Crippen molar-refractivity contribution in [2.75, 3.05) is 20.3 Å². The van der Waals surface area contributed by atoms with Crippen molar-refractivity contribution in [1.82, 2.24) is 16.2 Å². The van der Waals surface area contributed by atoms with E-state index in [0.29, 0.717) is 17.2 Å². The van der Waals surface area contributed by atoms with Gasteiger partial charge in [-0.1, -0.05) is 18.2 Å². The molecule has 0 fully saturated rings. The number of rotatable bonds is 7. The van der Waals surface area contributed by atoms with Gasteiger partial charge in [0, 0.05) is 0 Å². The molecule has 9 heteroatoms. The van der Waals surface area contributed by atoms with Gasteiger partial charge in [0.1, 0.15) is 17.2 Å². The Morgan fingerprint density at radius 2 is 1.54 bits per heavy atom. The Bertz CT molecular complexity index is 827. The Morgan fingerprint density at radius 3 is 2.21 bits per heavy atom. The van der Waals surface area contributed by atoms with E-state index >= 15 is 0 Å². The summed E-state index contributed by atoms with van der Waals surface area (Å²) < 4.78 is 15.8. The third-order valence-corrected chi connectivity index (χ3v) is 3.65. The molecule has 2 amide bonds. The van der Waals surface area contributed by atoms with Gasteiger partial charge in [0.25, 0.3) is 11.8 Å². The Hall–Kier alpha value is -3.33. The van der Waals surface area contributed by atoms with Gasteiger partial charge in [-0.25, -0.2) is 0 Å². The zero-order valence-corrected chi connectivity index (χ0v) is 16.3. The molecule has 0 saturated heterocycles. The number of aryl methyl sites for hydroxylation is 1. The average Bonchev–Trinajstić information content (AvgIpc) is 2.70. The number of para-hydroxylation sites is 1. The fourth-order valence-corrected chi connectivity index (χ4v) is 2.20. The van der Waals surface area contributed by atoms with E-state index in [1.165, 1.54) is 0 Å². The first-order chi connectivity index (χ1) is 13.5. The molecule has 8 nitrogen and oxygen atoms in total. The van der Waals surface area contributed by atoms with E-state index in [0.717, 1.165) is 5.56 Å². The van der Waals surface area contributed by atoms with Crippen LogP contribution in [0, 0.1) is 6.92 Å². The summed E-state index contributed by atoms with van der Waals surface area (Å²) in [7, 11) is 1.56. The highest BCUT2D eigenvalue weighted by atomic mass is 32.1. The maximum atomic E-state index is 11.8. The maximum Gasteiger partial charge on any atom is 0.276 e. The van der Waals surface area contributed by atoms with E-state index in [1.54, 1.807) is 37.4 Å². The van der Waals surface area contributed by atoms with Crippen LogP contribution < -0.4 is 30.4 Å². The summed E-state index contributed by atoms with van der Waals surface area (Å²) in [6.07, 6.45) is 0. The summed E-state index contributed by atoms with van der Waals surface area (Å²) in [6.45, 7) is 1.44. The fourth-order valence-electron chi connectivity index (χ4n) is 2.04. The predicted octanol–water partition coefficient (Wildman–Crippen LogP) is 1.48. The minimum atomic E-state index is -0.469. The summed E-state index contributed by atoms with van der Waals surface area (Å²) in [4.78, 5) is 23.6. The lowest BCUT2D eigenvalue weighted by atomic mass is 10.2. The lowest BCUT2D eigenvalue weighted by Gasteiger charge is -2.12. The fraction of sp³-hybridized carbons (Fsp3) is 0.211. The minimum Gasteiger partial charge on any atom is -0.497 e. The molecule has 3 N–H and O–H groups in total. The van der Waals surface area contributed by atoms with Crippen molar-refractivity contribution in [2.45, 2.75) is 6.92 Å². The molecule has 2 aromatic rings. The van der Waals surface area contributed by atoms with E-state index in [4.69, 9.17) is 26.4 Å². The van der Waals surface area contributed by atoms with Crippen LogP contribution in [-0.4, -0.2) is 37.3 Å². The first-order valence-corrected chi connectivity index (χ1v) is 8.72. The molecule has 0 unspecified atom stereocenters. The number of hydrogen-bond donors (Lipinski definition) is 3. The van der Waals surface area contributed by atoms with Crippen LogP contribution in [0.4, 0.5) is 0 Å². The second kappa shape index (κ2) is 10.7. The summed E-state index contributed by atoms with van der Waals surface area (Å²) in [6, 6.07) is 14.1. The SMILES string of the molecule is COc1ccc(OCC(=O)NNC(=S)NC(=O)COc2ccccc2C)cc1. The number of hydrazine groups is 1. The van der Waals surface area contributed by atoms with Crippen LogP contribution in [0.15, 0.2) is 48.5 Å². The summed E-state index contributed by atoms with van der Waals surface area (Å²) in [5, 5.41) is 2.34. The minimum absolute atomic E-state index is 0.0591. The normalized spacial score (nSPS) is 9.79. The van der Waals surface area contributed by atoms with Crippen molar-refractivity contribution in [3.8, 4) is 17.2 Å². The van der Waals surface area contributed by atoms with Gasteiger partial charge in [-0.05, 0) is 55.0 Å². The molecule has 0 spiro atoms. The van der Waals surface area contributed by atoms with Gasteiger partial charge in [0.15, 0.2) is 18.3 Å². The van der Waals surface area contributed by atoms with Gasteiger partial charge < -0.3 is 14.2 Å². The second-order valence-corrected chi connectivity index (χ2v) is 5.98. The average molecular weight is 403 g/mol. The Kier molecular flexibility index (Phi) is 8.04. The first kappa shape index (κ1) is 21.0. The molecule has 0 saturated carbocycles. The molecular formula is C19H21N3O5S. The number of hydrogen-bond acceptors (Lipinski definition) is 6.